The molecule has 2 rings (SSSR count). The molecule has 0 aliphatic rings. The average Bonchev–Trinajstić information content (AvgIpc) is 2.68. The molecule has 0 heterocycles. The van der Waals surface area contributed by atoms with Gasteiger partial charge >= 0.3 is 5.97 Å². The highest BCUT2D eigenvalue weighted by atomic mass is 79.9. The van der Waals surface area contributed by atoms with Crippen molar-refractivity contribution in [3.63, 3.8) is 0 Å². The Hall–Kier alpha value is -2.20. The number of halogens is 3. The smallest absolute Gasteiger partial charge is 0.348 e. The van der Waals surface area contributed by atoms with Crippen LogP contribution in [0.4, 0.5) is 0 Å². The number of esters is 1. The van der Waals surface area contributed by atoms with E-state index in [0.29, 0.717) is 31.6 Å². The molecule has 5 nitrogen and oxygen atoms in total. The molecule has 0 saturated heterocycles. The van der Waals surface area contributed by atoms with Gasteiger partial charge in [0.1, 0.15) is 18.2 Å². The number of methoxy groups -OCH3 is 1. The Bertz CT molecular complexity index is 954. The summed E-state index contributed by atoms with van der Waals surface area (Å²) in [6.07, 6.45) is 1.42. The van der Waals surface area contributed by atoms with E-state index in [1.54, 1.807) is 31.2 Å². The molecular weight excluding hydrogens is 469 g/mol. The summed E-state index contributed by atoms with van der Waals surface area (Å²) in [5.74, 6) is 0.235. The lowest BCUT2D eigenvalue weighted by atomic mass is 10.1. The van der Waals surface area contributed by atoms with Crippen molar-refractivity contribution in [3.8, 4) is 17.6 Å². The first-order chi connectivity index (χ1) is 13.4. The first kappa shape index (κ1) is 22.1. The maximum atomic E-state index is 11.8. The average molecular weight is 485 g/mol. The third-order valence-corrected chi connectivity index (χ3v) is 5.00. The molecule has 0 aromatic heterocycles. The minimum Gasteiger partial charge on any atom is -0.493 e. The van der Waals surface area contributed by atoms with Gasteiger partial charge in [0.2, 0.25) is 0 Å². The topological polar surface area (TPSA) is 68.6 Å². The van der Waals surface area contributed by atoms with Gasteiger partial charge in [0.25, 0.3) is 0 Å². The molecule has 0 atom stereocenters. The van der Waals surface area contributed by atoms with Crippen LogP contribution in [0, 0.1) is 11.3 Å². The van der Waals surface area contributed by atoms with Gasteiger partial charge in [-0.25, -0.2) is 4.79 Å². The van der Waals surface area contributed by atoms with Crippen LogP contribution in [0.3, 0.4) is 0 Å². The van der Waals surface area contributed by atoms with Crippen molar-refractivity contribution in [2.45, 2.75) is 13.5 Å². The molecule has 2 aromatic carbocycles. The Labute approximate surface area is 181 Å². The van der Waals surface area contributed by atoms with Crippen LogP contribution in [0.15, 0.2) is 40.4 Å². The number of ether oxygens (including phenoxy) is 3. The molecule has 8 heteroatoms. The molecule has 0 fully saturated rings. The van der Waals surface area contributed by atoms with E-state index in [9.17, 15) is 10.1 Å². The van der Waals surface area contributed by atoms with E-state index in [4.69, 9.17) is 37.4 Å². The monoisotopic (exact) mass is 483 g/mol. The number of hydrogen-bond donors (Lipinski definition) is 0. The van der Waals surface area contributed by atoms with Gasteiger partial charge in [-0.2, -0.15) is 5.26 Å². The summed E-state index contributed by atoms with van der Waals surface area (Å²) in [5.41, 5.74) is 1.29. The van der Waals surface area contributed by atoms with Crippen molar-refractivity contribution >= 4 is 51.2 Å². The highest BCUT2D eigenvalue weighted by Gasteiger charge is 2.14. The lowest BCUT2D eigenvalue weighted by molar-refractivity contribution is -0.137. The Balaban J connectivity index is 2.28. The van der Waals surface area contributed by atoms with Gasteiger partial charge in [0, 0.05) is 4.47 Å². The first-order valence-corrected chi connectivity index (χ1v) is 9.67. The lowest BCUT2D eigenvalue weighted by Crippen LogP contribution is -2.06. The normalized spacial score (nSPS) is 10.9. The fourth-order valence-corrected chi connectivity index (χ4v) is 2.98. The Morgan fingerprint density at radius 1 is 1.21 bits per heavy atom. The number of hydrogen-bond acceptors (Lipinski definition) is 5. The quantitative estimate of drug-likeness (QED) is 0.281. The van der Waals surface area contributed by atoms with Crippen molar-refractivity contribution in [2.24, 2.45) is 0 Å². The number of nitriles is 1. The zero-order valence-corrected chi connectivity index (χ0v) is 18.2. The van der Waals surface area contributed by atoms with Gasteiger partial charge in [0.15, 0.2) is 11.5 Å². The minimum absolute atomic E-state index is 0.117. The van der Waals surface area contributed by atoms with Crippen LogP contribution in [0.25, 0.3) is 6.08 Å². The third kappa shape index (κ3) is 5.65. The molecule has 0 spiro atoms. The second-order valence-corrected chi connectivity index (χ2v) is 7.12. The summed E-state index contributed by atoms with van der Waals surface area (Å²) in [7, 11) is 1.50. The van der Waals surface area contributed by atoms with E-state index in [1.807, 2.05) is 12.1 Å². The third-order valence-electron chi connectivity index (χ3n) is 3.58. The van der Waals surface area contributed by atoms with Gasteiger partial charge < -0.3 is 14.2 Å². The molecule has 0 aliphatic heterocycles. The van der Waals surface area contributed by atoms with Crippen LogP contribution in [0.2, 0.25) is 10.0 Å². The van der Waals surface area contributed by atoms with Crippen molar-refractivity contribution < 1.29 is 19.0 Å². The van der Waals surface area contributed by atoms with E-state index in [-0.39, 0.29) is 18.8 Å². The highest BCUT2D eigenvalue weighted by molar-refractivity contribution is 9.10. The van der Waals surface area contributed by atoms with Gasteiger partial charge in [-0.1, -0.05) is 45.2 Å². The van der Waals surface area contributed by atoms with Gasteiger partial charge in [-0.15, -0.1) is 0 Å². The molecule has 0 unspecified atom stereocenters. The molecule has 28 heavy (non-hydrogen) atoms. The van der Waals surface area contributed by atoms with Gasteiger partial charge in [-0.05, 0) is 48.4 Å². The van der Waals surface area contributed by atoms with E-state index in [1.165, 1.54) is 13.2 Å². The van der Waals surface area contributed by atoms with Crippen LogP contribution in [-0.2, 0) is 16.1 Å². The molecule has 0 N–H and O–H groups in total. The van der Waals surface area contributed by atoms with Crippen molar-refractivity contribution in [1.82, 2.24) is 0 Å². The fraction of sp³-hybridized carbons (Fsp3) is 0.200. The minimum atomic E-state index is -0.684. The molecule has 0 amide bonds. The van der Waals surface area contributed by atoms with Crippen molar-refractivity contribution in [2.75, 3.05) is 13.7 Å². The fourth-order valence-electron chi connectivity index (χ4n) is 2.23. The van der Waals surface area contributed by atoms with Crippen LogP contribution < -0.4 is 9.47 Å². The predicted molar refractivity (Wildman–Crippen MR) is 112 cm³/mol. The molecule has 0 aliphatic carbocycles. The second-order valence-electron chi connectivity index (χ2n) is 5.45. The molecular formula is C20H16BrCl2NO4. The summed E-state index contributed by atoms with van der Waals surface area (Å²) in [6, 6.07) is 10.4. The second kappa shape index (κ2) is 10.4. The number of carbonyl (C=O) groups excluding carboxylic acids is 1. The maximum absolute atomic E-state index is 11.8. The van der Waals surface area contributed by atoms with Crippen LogP contribution in [-0.4, -0.2) is 19.7 Å². The zero-order chi connectivity index (χ0) is 20.7. The van der Waals surface area contributed by atoms with E-state index < -0.39 is 5.97 Å². The maximum Gasteiger partial charge on any atom is 0.348 e. The Morgan fingerprint density at radius 2 is 1.96 bits per heavy atom. The van der Waals surface area contributed by atoms with Crippen LogP contribution >= 0.6 is 39.1 Å². The summed E-state index contributed by atoms with van der Waals surface area (Å²) in [4.78, 5) is 11.8. The SMILES string of the molecule is CCOC(=O)C(C#N)=Cc1cc(OC)c(OCc2ccc(Cl)c(Cl)c2)cc1Br. The standard InChI is InChI=1S/C20H16BrCl2NO4/c1-3-27-20(25)14(10-24)7-13-8-18(26-2)19(9-15(13)21)28-11-12-4-5-16(22)17(23)6-12/h4-9H,3,11H2,1-2H3. The van der Waals surface area contributed by atoms with E-state index in [2.05, 4.69) is 15.9 Å². The largest absolute Gasteiger partial charge is 0.493 e. The first-order valence-electron chi connectivity index (χ1n) is 8.12. The van der Waals surface area contributed by atoms with Crippen molar-refractivity contribution in [1.29, 1.82) is 5.26 Å². The molecule has 2 aromatic rings. The predicted octanol–water partition coefficient (Wildman–Crippen LogP) is 5.81. The zero-order valence-electron chi connectivity index (χ0n) is 15.1. The van der Waals surface area contributed by atoms with E-state index in [0.717, 1.165) is 5.56 Å². The molecule has 0 saturated carbocycles. The van der Waals surface area contributed by atoms with E-state index >= 15 is 0 Å². The molecule has 146 valence electrons. The Kier molecular flexibility index (Phi) is 8.18. The van der Waals surface area contributed by atoms with Crippen molar-refractivity contribution in [3.05, 3.63) is 61.5 Å². The van der Waals surface area contributed by atoms with Crippen LogP contribution in [0.1, 0.15) is 18.1 Å². The Morgan fingerprint density at radius 3 is 2.57 bits per heavy atom. The summed E-state index contributed by atoms with van der Waals surface area (Å²) >= 11 is 15.4. The molecule has 0 bridgehead atoms. The lowest BCUT2D eigenvalue weighted by Gasteiger charge is -2.13. The summed E-state index contributed by atoms with van der Waals surface area (Å²) < 4.78 is 16.7. The van der Waals surface area contributed by atoms with Gasteiger partial charge in [0.05, 0.1) is 23.8 Å². The summed E-state index contributed by atoms with van der Waals surface area (Å²) in [5, 5.41) is 10.1. The highest BCUT2D eigenvalue weighted by Crippen LogP contribution is 2.35. The molecule has 0 radical (unpaired) electrons. The number of carbonyl (C=O) groups is 1. The van der Waals surface area contributed by atoms with Crippen LogP contribution in [0.5, 0.6) is 11.5 Å². The summed E-state index contributed by atoms with van der Waals surface area (Å²) in [6.45, 7) is 2.11. The number of nitrogens with zero attached hydrogens (tertiary/aromatic N) is 1. The van der Waals surface area contributed by atoms with Gasteiger partial charge in [-0.3, -0.25) is 0 Å². The number of rotatable bonds is 7. The number of benzene rings is 2.